The monoisotopic (exact) mass is 253 g/mol. The van der Waals surface area contributed by atoms with Crippen LogP contribution in [0.3, 0.4) is 0 Å². The lowest BCUT2D eigenvalue weighted by molar-refractivity contribution is -0.138. The Morgan fingerprint density at radius 3 is 3.06 bits per heavy atom. The second-order valence-electron chi connectivity index (χ2n) is 3.47. The summed E-state index contributed by atoms with van der Waals surface area (Å²) in [7, 11) is 0. The summed E-state index contributed by atoms with van der Waals surface area (Å²) in [6.45, 7) is 0. The number of carbonyl (C=O) groups is 1. The number of aromatic nitrogens is 3. The van der Waals surface area contributed by atoms with Crippen LogP contribution in [0.15, 0.2) is 29.6 Å². The first-order valence-electron chi connectivity index (χ1n) is 4.99. The largest absolute Gasteiger partial charge is 0.481 e. The first kappa shape index (κ1) is 11.9. The summed E-state index contributed by atoms with van der Waals surface area (Å²) in [5, 5.41) is 26.5. The van der Waals surface area contributed by atoms with Crippen LogP contribution >= 0.6 is 11.8 Å². The zero-order chi connectivity index (χ0) is 12.3. The number of nitrogens with zero attached hydrogens (tertiary/aromatic N) is 3. The molecule has 0 aliphatic heterocycles. The Hall–Kier alpha value is -1.60. The van der Waals surface area contributed by atoms with E-state index in [2.05, 4.69) is 10.2 Å². The molecule has 1 unspecified atom stereocenters. The molecule has 0 fully saturated rings. The molecule has 1 atom stereocenters. The van der Waals surface area contributed by atoms with Gasteiger partial charge in [0.25, 0.3) is 0 Å². The molecule has 2 aromatic heterocycles. The van der Waals surface area contributed by atoms with E-state index in [1.165, 1.54) is 11.8 Å². The maximum atomic E-state index is 10.4. The average molecular weight is 253 g/mol. The molecule has 0 aliphatic rings. The highest BCUT2D eigenvalue weighted by Crippen LogP contribution is 2.18. The van der Waals surface area contributed by atoms with Crippen LogP contribution in [0.25, 0.3) is 5.65 Å². The molecule has 2 heterocycles. The van der Waals surface area contributed by atoms with Crippen LogP contribution < -0.4 is 0 Å². The first-order valence-corrected chi connectivity index (χ1v) is 5.98. The number of thioether (sulfide) groups is 1. The van der Waals surface area contributed by atoms with Crippen molar-refractivity contribution < 1.29 is 15.0 Å². The molecular weight excluding hydrogens is 242 g/mol. The molecule has 2 rings (SSSR count). The van der Waals surface area contributed by atoms with E-state index in [1.54, 1.807) is 4.40 Å². The van der Waals surface area contributed by atoms with Gasteiger partial charge >= 0.3 is 5.97 Å². The minimum absolute atomic E-state index is 0.260. The summed E-state index contributed by atoms with van der Waals surface area (Å²) in [6.07, 6.45) is 0.680. The molecule has 0 saturated carbocycles. The van der Waals surface area contributed by atoms with Crippen LogP contribution in [0, 0.1) is 0 Å². The Kier molecular flexibility index (Phi) is 3.60. The number of hydrogen-bond acceptors (Lipinski definition) is 5. The Bertz CT molecular complexity index is 528. The van der Waals surface area contributed by atoms with E-state index in [0.717, 1.165) is 5.65 Å². The van der Waals surface area contributed by atoms with Crippen molar-refractivity contribution in [1.29, 1.82) is 0 Å². The van der Waals surface area contributed by atoms with Crippen LogP contribution in [0.1, 0.15) is 6.42 Å². The van der Waals surface area contributed by atoms with Gasteiger partial charge < -0.3 is 10.2 Å². The Morgan fingerprint density at radius 2 is 2.29 bits per heavy atom. The van der Waals surface area contributed by atoms with Crippen molar-refractivity contribution >= 4 is 23.4 Å². The first-order chi connectivity index (χ1) is 8.16. The van der Waals surface area contributed by atoms with Gasteiger partial charge in [-0.25, -0.2) is 0 Å². The molecular formula is C10H11N3O3S. The molecule has 2 N–H and O–H groups in total. The van der Waals surface area contributed by atoms with Crippen LogP contribution in [0.5, 0.6) is 0 Å². The molecule has 0 spiro atoms. The zero-order valence-electron chi connectivity index (χ0n) is 8.85. The van der Waals surface area contributed by atoms with Crippen molar-refractivity contribution in [1.82, 2.24) is 14.6 Å². The zero-order valence-corrected chi connectivity index (χ0v) is 9.67. The standard InChI is InChI=1S/C10H11N3O3S/c14-7(5-9(15)16)6-17-10-12-11-8-3-1-2-4-13(8)10/h1-4,7,14H,5-6H2,(H,15,16). The van der Waals surface area contributed by atoms with Gasteiger partial charge in [-0.05, 0) is 12.1 Å². The van der Waals surface area contributed by atoms with Gasteiger partial charge in [0, 0.05) is 11.9 Å². The maximum Gasteiger partial charge on any atom is 0.306 e. The topological polar surface area (TPSA) is 87.7 Å². The van der Waals surface area contributed by atoms with Crippen molar-refractivity contribution in [3.05, 3.63) is 24.4 Å². The summed E-state index contributed by atoms with van der Waals surface area (Å²) in [5.41, 5.74) is 0.725. The summed E-state index contributed by atoms with van der Waals surface area (Å²) in [6, 6.07) is 5.54. The molecule has 17 heavy (non-hydrogen) atoms. The van der Waals surface area contributed by atoms with Gasteiger partial charge in [-0.15, -0.1) is 10.2 Å². The Balaban J connectivity index is 2.02. The number of carboxylic acid groups (broad SMARTS) is 1. The fourth-order valence-corrected chi connectivity index (χ4v) is 2.20. The molecule has 0 aliphatic carbocycles. The SMILES string of the molecule is O=C(O)CC(O)CSc1nnc2ccccn12. The highest BCUT2D eigenvalue weighted by molar-refractivity contribution is 7.99. The molecule has 0 aromatic carbocycles. The number of rotatable bonds is 5. The van der Waals surface area contributed by atoms with E-state index in [1.807, 2.05) is 24.4 Å². The van der Waals surface area contributed by atoms with Gasteiger partial charge in [-0.1, -0.05) is 17.8 Å². The third kappa shape index (κ3) is 2.95. The highest BCUT2D eigenvalue weighted by Gasteiger charge is 2.12. The van der Waals surface area contributed by atoms with Crippen LogP contribution in [-0.2, 0) is 4.79 Å². The predicted molar refractivity (Wildman–Crippen MR) is 62.0 cm³/mol. The summed E-state index contributed by atoms with van der Waals surface area (Å²) in [4.78, 5) is 10.4. The van der Waals surface area contributed by atoms with E-state index in [9.17, 15) is 9.90 Å². The lowest BCUT2D eigenvalue weighted by Gasteiger charge is -2.05. The van der Waals surface area contributed by atoms with Crippen LogP contribution in [0.2, 0.25) is 0 Å². The average Bonchev–Trinajstić information content (AvgIpc) is 2.69. The molecule has 0 radical (unpaired) electrons. The Morgan fingerprint density at radius 1 is 1.47 bits per heavy atom. The lowest BCUT2D eigenvalue weighted by Crippen LogP contribution is -2.15. The van der Waals surface area contributed by atoms with E-state index in [-0.39, 0.29) is 12.2 Å². The van der Waals surface area contributed by atoms with Gasteiger partial charge in [0.2, 0.25) is 0 Å². The van der Waals surface area contributed by atoms with Gasteiger partial charge in [-0.2, -0.15) is 0 Å². The molecule has 0 saturated heterocycles. The van der Waals surface area contributed by atoms with Gasteiger partial charge in [0.05, 0.1) is 12.5 Å². The van der Waals surface area contributed by atoms with E-state index in [0.29, 0.717) is 5.16 Å². The van der Waals surface area contributed by atoms with Crippen molar-refractivity contribution in [2.45, 2.75) is 17.7 Å². The fourth-order valence-electron chi connectivity index (χ4n) is 1.35. The van der Waals surface area contributed by atoms with Gasteiger partial charge in [0.15, 0.2) is 10.8 Å². The number of fused-ring (bicyclic) bond motifs is 1. The van der Waals surface area contributed by atoms with Crippen LogP contribution in [-0.4, -0.2) is 42.6 Å². The van der Waals surface area contributed by atoms with Gasteiger partial charge in [-0.3, -0.25) is 9.20 Å². The number of aliphatic hydroxyl groups excluding tert-OH is 1. The smallest absolute Gasteiger partial charge is 0.306 e. The predicted octanol–water partition coefficient (Wildman–Crippen LogP) is 0.657. The normalized spacial score (nSPS) is 12.8. The number of aliphatic hydroxyl groups is 1. The fraction of sp³-hybridized carbons (Fsp3) is 0.300. The van der Waals surface area contributed by atoms with Crippen molar-refractivity contribution in [2.24, 2.45) is 0 Å². The van der Waals surface area contributed by atoms with Crippen molar-refractivity contribution in [3.63, 3.8) is 0 Å². The van der Waals surface area contributed by atoms with Crippen molar-refractivity contribution in [2.75, 3.05) is 5.75 Å². The quantitative estimate of drug-likeness (QED) is 0.761. The minimum atomic E-state index is -1.01. The van der Waals surface area contributed by atoms with E-state index >= 15 is 0 Å². The number of aliphatic carboxylic acids is 1. The molecule has 0 bridgehead atoms. The molecule has 6 nitrogen and oxygen atoms in total. The van der Waals surface area contributed by atoms with E-state index in [4.69, 9.17) is 5.11 Å². The third-order valence-electron chi connectivity index (χ3n) is 2.10. The maximum absolute atomic E-state index is 10.4. The second kappa shape index (κ2) is 5.15. The minimum Gasteiger partial charge on any atom is -0.481 e. The summed E-state index contributed by atoms with van der Waals surface area (Å²) < 4.78 is 1.79. The van der Waals surface area contributed by atoms with E-state index < -0.39 is 12.1 Å². The second-order valence-corrected chi connectivity index (χ2v) is 4.46. The molecule has 0 amide bonds. The summed E-state index contributed by atoms with van der Waals surface area (Å²) in [5.74, 6) is -0.730. The molecule has 90 valence electrons. The third-order valence-corrected chi connectivity index (χ3v) is 3.19. The summed E-state index contributed by atoms with van der Waals surface area (Å²) >= 11 is 1.28. The van der Waals surface area contributed by atoms with Crippen molar-refractivity contribution in [3.8, 4) is 0 Å². The number of hydrogen-bond donors (Lipinski definition) is 2. The Labute approximate surface area is 101 Å². The lowest BCUT2D eigenvalue weighted by atomic mass is 10.3. The molecule has 7 heteroatoms. The number of pyridine rings is 1. The molecule has 2 aromatic rings. The van der Waals surface area contributed by atoms with Gasteiger partial charge in [0.1, 0.15) is 0 Å². The highest BCUT2D eigenvalue weighted by atomic mass is 32.2. The number of carboxylic acids is 1. The van der Waals surface area contributed by atoms with Crippen LogP contribution in [0.4, 0.5) is 0 Å².